The van der Waals surface area contributed by atoms with Crippen LogP contribution in [0, 0.1) is 0 Å². The van der Waals surface area contributed by atoms with Crippen molar-refractivity contribution in [1.29, 1.82) is 0 Å². The Morgan fingerprint density at radius 3 is 2.80 bits per heavy atom. The number of halogens is 1. The number of fused-ring (bicyclic) bond motifs is 1. The highest BCUT2D eigenvalue weighted by Gasteiger charge is 2.15. The number of carbonyl (C=O) groups excluding carboxylic acids is 1. The number of alkyl halides is 1. The van der Waals surface area contributed by atoms with E-state index in [1.807, 2.05) is 13.0 Å². The van der Waals surface area contributed by atoms with Crippen LogP contribution < -0.4 is 5.32 Å². The summed E-state index contributed by atoms with van der Waals surface area (Å²) in [7, 11) is 0. The van der Waals surface area contributed by atoms with Gasteiger partial charge in [0, 0.05) is 0 Å². The van der Waals surface area contributed by atoms with E-state index in [1.165, 1.54) is 16.9 Å². The van der Waals surface area contributed by atoms with Crippen LogP contribution in [0.2, 0.25) is 0 Å². The zero-order chi connectivity index (χ0) is 14.7. The number of hydrogen-bond acceptors (Lipinski definition) is 3. The van der Waals surface area contributed by atoms with Crippen LogP contribution in [0.3, 0.4) is 0 Å². The first-order chi connectivity index (χ1) is 9.55. The lowest BCUT2D eigenvalue weighted by atomic mass is 9.99. The molecule has 0 bridgehead atoms. The molecular formula is C15H19BrN2OS. The first kappa shape index (κ1) is 15.4. The average molecular weight is 355 g/mol. The topological polar surface area (TPSA) is 42.0 Å². The highest BCUT2D eigenvalue weighted by molar-refractivity contribution is 9.10. The van der Waals surface area contributed by atoms with Crippen molar-refractivity contribution in [3.8, 4) is 0 Å². The Labute approximate surface area is 131 Å². The third kappa shape index (κ3) is 3.38. The second-order valence-corrected chi connectivity index (χ2v) is 7.06. The fraction of sp³-hybridized carbons (Fsp3) is 0.467. The van der Waals surface area contributed by atoms with Crippen molar-refractivity contribution in [2.75, 3.05) is 5.32 Å². The largest absolute Gasteiger partial charge is 0.301 e. The van der Waals surface area contributed by atoms with Gasteiger partial charge in [0.05, 0.1) is 15.0 Å². The number of carbonyl (C=O) groups is 1. The van der Waals surface area contributed by atoms with Gasteiger partial charge in [-0.2, -0.15) is 0 Å². The van der Waals surface area contributed by atoms with E-state index in [-0.39, 0.29) is 10.7 Å². The fourth-order valence-corrected chi connectivity index (χ4v) is 2.94. The summed E-state index contributed by atoms with van der Waals surface area (Å²) in [4.78, 5) is 16.1. The first-order valence-electron chi connectivity index (χ1n) is 6.90. The molecule has 108 valence electrons. The molecule has 0 aliphatic carbocycles. The molecule has 2 aromatic rings. The van der Waals surface area contributed by atoms with E-state index in [0.717, 1.165) is 23.1 Å². The quantitative estimate of drug-likeness (QED) is 0.774. The van der Waals surface area contributed by atoms with Gasteiger partial charge in [0.1, 0.15) is 0 Å². The summed E-state index contributed by atoms with van der Waals surface area (Å²) in [5.41, 5.74) is 2.27. The van der Waals surface area contributed by atoms with E-state index in [9.17, 15) is 4.79 Å². The first-order valence-corrected chi connectivity index (χ1v) is 8.63. The van der Waals surface area contributed by atoms with E-state index < -0.39 is 0 Å². The summed E-state index contributed by atoms with van der Waals surface area (Å²) >= 11 is 4.88. The van der Waals surface area contributed by atoms with Gasteiger partial charge < -0.3 is 5.32 Å². The number of thiazole rings is 1. The van der Waals surface area contributed by atoms with Crippen molar-refractivity contribution in [2.45, 2.75) is 44.4 Å². The van der Waals surface area contributed by atoms with Gasteiger partial charge in [-0.1, -0.05) is 54.1 Å². The Hall–Kier alpha value is -0.940. The van der Waals surface area contributed by atoms with Gasteiger partial charge in [0.25, 0.3) is 0 Å². The highest BCUT2D eigenvalue weighted by atomic mass is 79.9. The Balaban J connectivity index is 2.23. The minimum atomic E-state index is -0.162. The molecule has 0 saturated carbocycles. The molecule has 20 heavy (non-hydrogen) atoms. The van der Waals surface area contributed by atoms with Crippen molar-refractivity contribution in [3.63, 3.8) is 0 Å². The van der Waals surface area contributed by atoms with Crippen molar-refractivity contribution >= 4 is 48.5 Å². The van der Waals surface area contributed by atoms with Crippen LogP contribution in [0.4, 0.5) is 5.13 Å². The molecule has 2 atom stereocenters. The Bertz CT molecular complexity index is 611. The van der Waals surface area contributed by atoms with Gasteiger partial charge in [-0.25, -0.2) is 4.98 Å². The van der Waals surface area contributed by atoms with Crippen molar-refractivity contribution in [1.82, 2.24) is 4.98 Å². The molecule has 2 rings (SSSR count). The molecule has 3 nitrogen and oxygen atoms in total. The van der Waals surface area contributed by atoms with Gasteiger partial charge >= 0.3 is 0 Å². The van der Waals surface area contributed by atoms with E-state index in [2.05, 4.69) is 52.2 Å². The van der Waals surface area contributed by atoms with Gasteiger partial charge in [-0.15, -0.1) is 0 Å². The average Bonchev–Trinajstić information content (AvgIpc) is 2.86. The number of aromatic nitrogens is 1. The second-order valence-electron chi connectivity index (χ2n) is 4.92. The van der Waals surface area contributed by atoms with Gasteiger partial charge in [-0.3, -0.25) is 4.79 Å². The minimum absolute atomic E-state index is 0.0336. The monoisotopic (exact) mass is 354 g/mol. The smallest absolute Gasteiger partial charge is 0.239 e. The number of anilines is 1. The predicted molar refractivity (Wildman–Crippen MR) is 90.0 cm³/mol. The van der Waals surface area contributed by atoms with Crippen molar-refractivity contribution in [3.05, 3.63) is 23.8 Å². The zero-order valence-corrected chi connectivity index (χ0v) is 14.3. The fourth-order valence-electron chi connectivity index (χ4n) is 1.91. The third-order valence-corrected chi connectivity index (χ3v) is 5.46. The maximum Gasteiger partial charge on any atom is 0.239 e. The number of amides is 1. The maximum atomic E-state index is 11.9. The van der Waals surface area contributed by atoms with Gasteiger partial charge in [0.2, 0.25) is 5.91 Å². The number of rotatable bonds is 5. The lowest BCUT2D eigenvalue weighted by molar-refractivity contribution is -0.115. The van der Waals surface area contributed by atoms with E-state index >= 15 is 0 Å². The highest BCUT2D eigenvalue weighted by Crippen LogP contribution is 2.30. The predicted octanol–water partition coefficient (Wildman–Crippen LogP) is 4.92. The number of nitrogens with zero attached hydrogens (tertiary/aromatic N) is 1. The molecule has 0 fully saturated rings. The lowest BCUT2D eigenvalue weighted by Gasteiger charge is -2.07. The standard InChI is InChI=1S/C15H19BrN2OS/c1-4-9(3)10-6-7-12-13(8-10)20-15(17-12)18-14(19)11(16)5-2/h6-9,11H,4-5H2,1-3H3,(H,17,18,19)/t9-,11-/m1/s1. The normalized spacial score (nSPS) is 14.2. The molecule has 0 spiro atoms. The molecule has 1 heterocycles. The summed E-state index contributed by atoms with van der Waals surface area (Å²) in [5.74, 6) is 0.514. The summed E-state index contributed by atoms with van der Waals surface area (Å²) < 4.78 is 1.13. The van der Waals surface area contributed by atoms with Crippen LogP contribution in [-0.4, -0.2) is 15.7 Å². The second kappa shape index (κ2) is 6.68. The Morgan fingerprint density at radius 1 is 1.40 bits per heavy atom. The van der Waals surface area contributed by atoms with Crippen molar-refractivity contribution in [2.24, 2.45) is 0 Å². The molecule has 5 heteroatoms. The maximum absolute atomic E-state index is 11.9. The zero-order valence-electron chi connectivity index (χ0n) is 11.9. The van der Waals surface area contributed by atoms with Crippen LogP contribution in [-0.2, 0) is 4.79 Å². The molecule has 1 N–H and O–H groups in total. The molecule has 0 saturated heterocycles. The van der Waals surface area contributed by atoms with E-state index in [0.29, 0.717) is 11.0 Å². The molecular weight excluding hydrogens is 336 g/mol. The van der Waals surface area contributed by atoms with Crippen LogP contribution >= 0.6 is 27.3 Å². The number of benzene rings is 1. The SMILES string of the molecule is CC[C@@H](Br)C(=O)Nc1nc2ccc([C@H](C)CC)cc2s1. The van der Waals surface area contributed by atoms with Crippen LogP contribution in [0.1, 0.15) is 45.1 Å². The van der Waals surface area contributed by atoms with Crippen molar-refractivity contribution < 1.29 is 4.79 Å². The van der Waals surface area contributed by atoms with E-state index in [4.69, 9.17) is 0 Å². The third-order valence-electron chi connectivity index (χ3n) is 3.47. The summed E-state index contributed by atoms with van der Waals surface area (Å²) in [5, 5.41) is 3.54. The van der Waals surface area contributed by atoms with Crippen LogP contribution in [0.25, 0.3) is 10.2 Å². The van der Waals surface area contributed by atoms with Crippen LogP contribution in [0.5, 0.6) is 0 Å². The molecule has 0 unspecified atom stereocenters. The summed E-state index contributed by atoms with van der Waals surface area (Å²) in [6.07, 6.45) is 1.88. The molecule has 1 amide bonds. The molecule has 0 aliphatic rings. The van der Waals surface area contributed by atoms with Crippen LogP contribution in [0.15, 0.2) is 18.2 Å². The Morgan fingerprint density at radius 2 is 2.15 bits per heavy atom. The minimum Gasteiger partial charge on any atom is -0.301 e. The summed E-state index contributed by atoms with van der Waals surface area (Å²) in [6, 6.07) is 6.35. The molecule has 0 aliphatic heterocycles. The number of hydrogen-bond donors (Lipinski definition) is 1. The van der Waals surface area contributed by atoms with Gasteiger partial charge in [0.15, 0.2) is 5.13 Å². The summed E-state index contributed by atoms with van der Waals surface area (Å²) in [6.45, 7) is 6.38. The Kier molecular flexibility index (Phi) is 5.16. The molecule has 1 aromatic carbocycles. The lowest BCUT2D eigenvalue weighted by Crippen LogP contribution is -2.21. The number of nitrogens with one attached hydrogen (secondary N) is 1. The molecule has 1 aromatic heterocycles. The van der Waals surface area contributed by atoms with E-state index in [1.54, 1.807) is 0 Å². The van der Waals surface area contributed by atoms with Gasteiger partial charge in [-0.05, 0) is 36.5 Å². The molecule has 0 radical (unpaired) electrons.